The van der Waals surface area contributed by atoms with Gasteiger partial charge in [-0.2, -0.15) is 0 Å². The first-order valence-electron chi connectivity index (χ1n) is 6.84. The van der Waals surface area contributed by atoms with Crippen LogP contribution in [-0.4, -0.2) is 42.2 Å². The molecule has 0 aliphatic carbocycles. The van der Waals surface area contributed by atoms with Gasteiger partial charge < -0.3 is 9.84 Å². The molecule has 0 bridgehead atoms. The number of hydrogen-bond acceptors (Lipinski definition) is 3. The topological polar surface area (TPSA) is 49.8 Å². The van der Waals surface area contributed by atoms with E-state index in [4.69, 9.17) is 4.74 Å². The van der Waals surface area contributed by atoms with E-state index in [1.807, 2.05) is 31.2 Å². The van der Waals surface area contributed by atoms with Crippen LogP contribution in [0.1, 0.15) is 19.8 Å². The Morgan fingerprint density at radius 2 is 2.35 bits per heavy atom. The molecule has 1 aromatic rings. The van der Waals surface area contributed by atoms with Gasteiger partial charge in [-0.25, -0.2) is 0 Å². The van der Waals surface area contributed by atoms with Crippen molar-refractivity contribution in [1.29, 1.82) is 0 Å². The molecule has 110 valence electrons. The second-order valence-corrected chi connectivity index (χ2v) is 6.47. The number of carboxylic acid groups (broad SMARTS) is 1. The van der Waals surface area contributed by atoms with Crippen LogP contribution in [0.5, 0.6) is 5.75 Å². The number of carboxylic acids is 1. The second-order valence-electron chi connectivity index (χ2n) is 5.55. The van der Waals surface area contributed by atoms with E-state index in [9.17, 15) is 9.90 Å². The summed E-state index contributed by atoms with van der Waals surface area (Å²) in [6.45, 7) is 4.72. The lowest BCUT2D eigenvalue weighted by molar-refractivity contribution is -0.151. The maximum Gasteiger partial charge on any atom is 0.310 e. The van der Waals surface area contributed by atoms with Crippen molar-refractivity contribution >= 4 is 21.9 Å². The van der Waals surface area contributed by atoms with E-state index in [-0.39, 0.29) is 0 Å². The van der Waals surface area contributed by atoms with E-state index < -0.39 is 11.4 Å². The number of carbonyl (C=O) groups is 1. The number of aliphatic carboxylic acids is 1. The third kappa shape index (κ3) is 3.96. The van der Waals surface area contributed by atoms with E-state index in [2.05, 4.69) is 20.8 Å². The highest BCUT2D eigenvalue weighted by Gasteiger charge is 2.37. The van der Waals surface area contributed by atoms with Gasteiger partial charge in [0.1, 0.15) is 12.4 Å². The molecule has 0 aromatic heterocycles. The van der Waals surface area contributed by atoms with E-state index in [0.29, 0.717) is 13.2 Å². The Balaban J connectivity index is 1.81. The predicted molar refractivity (Wildman–Crippen MR) is 81.1 cm³/mol. The van der Waals surface area contributed by atoms with Crippen molar-refractivity contribution in [3.63, 3.8) is 0 Å². The van der Waals surface area contributed by atoms with Gasteiger partial charge in [-0.3, -0.25) is 9.69 Å². The first-order valence-corrected chi connectivity index (χ1v) is 7.63. The van der Waals surface area contributed by atoms with Crippen LogP contribution < -0.4 is 4.74 Å². The molecule has 0 spiro atoms. The molecule has 1 fully saturated rings. The number of likely N-dealkylation sites (tertiary alicyclic amines) is 1. The minimum atomic E-state index is -0.699. The van der Waals surface area contributed by atoms with Crippen LogP contribution in [0.2, 0.25) is 0 Å². The highest BCUT2D eigenvalue weighted by Crippen LogP contribution is 2.29. The van der Waals surface area contributed by atoms with E-state index in [1.165, 1.54) is 0 Å². The standard InChI is InChI=1S/C15H20BrNO3/c1-15(14(18)19)6-3-7-17(11-15)8-9-20-13-5-2-4-12(16)10-13/h2,4-5,10H,3,6-9,11H2,1H3,(H,18,19). The van der Waals surface area contributed by atoms with E-state index in [0.717, 1.165) is 36.2 Å². The zero-order valence-corrected chi connectivity index (χ0v) is 13.2. The minimum absolute atomic E-state index is 0.576. The summed E-state index contributed by atoms with van der Waals surface area (Å²) in [6.07, 6.45) is 1.69. The molecule has 1 heterocycles. The molecule has 4 nitrogen and oxygen atoms in total. The number of benzene rings is 1. The summed E-state index contributed by atoms with van der Waals surface area (Å²) in [4.78, 5) is 13.5. The lowest BCUT2D eigenvalue weighted by Crippen LogP contribution is -2.47. The zero-order valence-electron chi connectivity index (χ0n) is 11.6. The lowest BCUT2D eigenvalue weighted by Gasteiger charge is -2.37. The predicted octanol–water partition coefficient (Wildman–Crippen LogP) is 3.01. The zero-order chi connectivity index (χ0) is 14.6. The summed E-state index contributed by atoms with van der Waals surface area (Å²) >= 11 is 3.41. The van der Waals surface area contributed by atoms with Crippen LogP contribution in [0.25, 0.3) is 0 Å². The Morgan fingerprint density at radius 1 is 1.55 bits per heavy atom. The second kappa shape index (κ2) is 6.59. The maximum absolute atomic E-state index is 11.3. The number of hydrogen-bond donors (Lipinski definition) is 1. The van der Waals surface area contributed by atoms with Crippen molar-refractivity contribution in [3.8, 4) is 5.75 Å². The van der Waals surface area contributed by atoms with Gasteiger partial charge in [0.15, 0.2) is 0 Å². The van der Waals surface area contributed by atoms with Crippen LogP contribution in [0, 0.1) is 5.41 Å². The molecule has 0 amide bonds. The number of halogens is 1. The molecule has 1 saturated heterocycles. The average Bonchev–Trinajstić information content (AvgIpc) is 2.39. The third-order valence-corrected chi connectivity index (χ3v) is 4.26. The summed E-state index contributed by atoms with van der Waals surface area (Å²) in [5, 5.41) is 9.29. The van der Waals surface area contributed by atoms with Gasteiger partial charge in [-0.1, -0.05) is 22.0 Å². The van der Waals surface area contributed by atoms with Crippen LogP contribution in [0.4, 0.5) is 0 Å². The van der Waals surface area contributed by atoms with Gasteiger partial charge in [-0.15, -0.1) is 0 Å². The summed E-state index contributed by atoms with van der Waals surface area (Å²) in [5.74, 6) is 0.132. The highest BCUT2D eigenvalue weighted by molar-refractivity contribution is 9.10. The van der Waals surface area contributed by atoms with Crippen LogP contribution in [0.15, 0.2) is 28.7 Å². The van der Waals surface area contributed by atoms with Gasteiger partial charge in [0.05, 0.1) is 5.41 Å². The molecule has 0 radical (unpaired) electrons. The van der Waals surface area contributed by atoms with Gasteiger partial charge in [-0.05, 0) is 44.5 Å². The largest absolute Gasteiger partial charge is 0.492 e. The fourth-order valence-corrected chi connectivity index (χ4v) is 2.94. The quantitative estimate of drug-likeness (QED) is 0.894. The number of rotatable bonds is 5. The summed E-state index contributed by atoms with van der Waals surface area (Å²) in [5.41, 5.74) is -0.617. The molecule has 1 aromatic carbocycles. The van der Waals surface area contributed by atoms with Crippen molar-refractivity contribution in [2.45, 2.75) is 19.8 Å². The maximum atomic E-state index is 11.3. The van der Waals surface area contributed by atoms with E-state index in [1.54, 1.807) is 0 Å². The summed E-state index contributed by atoms with van der Waals surface area (Å²) in [6, 6.07) is 7.73. The fourth-order valence-electron chi connectivity index (χ4n) is 2.56. The smallest absolute Gasteiger partial charge is 0.310 e. The molecule has 1 atom stereocenters. The fraction of sp³-hybridized carbons (Fsp3) is 0.533. The minimum Gasteiger partial charge on any atom is -0.492 e. The number of ether oxygens (including phenoxy) is 1. The molecule has 2 rings (SSSR count). The van der Waals surface area contributed by atoms with Gasteiger partial charge in [0.25, 0.3) is 0 Å². The summed E-state index contributed by atoms with van der Waals surface area (Å²) in [7, 11) is 0. The van der Waals surface area contributed by atoms with Crippen molar-refractivity contribution < 1.29 is 14.6 Å². The van der Waals surface area contributed by atoms with Crippen molar-refractivity contribution in [2.24, 2.45) is 5.41 Å². The Kier molecular flexibility index (Phi) is 5.05. The first kappa shape index (κ1) is 15.3. The molecule has 5 heteroatoms. The molecule has 0 saturated carbocycles. The molecule has 1 unspecified atom stereocenters. The normalized spacial score (nSPS) is 23.5. The molecule has 20 heavy (non-hydrogen) atoms. The molecule has 1 N–H and O–H groups in total. The van der Waals surface area contributed by atoms with Crippen LogP contribution >= 0.6 is 15.9 Å². The highest BCUT2D eigenvalue weighted by atomic mass is 79.9. The first-order chi connectivity index (χ1) is 9.49. The third-order valence-electron chi connectivity index (χ3n) is 3.76. The van der Waals surface area contributed by atoms with Crippen LogP contribution in [-0.2, 0) is 4.79 Å². The molecular formula is C15H20BrNO3. The van der Waals surface area contributed by atoms with Crippen molar-refractivity contribution in [1.82, 2.24) is 4.90 Å². The lowest BCUT2D eigenvalue weighted by atomic mass is 9.82. The van der Waals surface area contributed by atoms with Crippen molar-refractivity contribution in [2.75, 3.05) is 26.2 Å². The van der Waals surface area contributed by atoms with Crippen molar-refractivity contribution in [3.05, 3.63) is 28.7 Å². The number of piperidine rings is 1. The molecule has 1 aliphatic heterocycles. The Hall–Kier alpha value is -1.07. The SMILES string of the molecule is CC1(C(=O)O)CCCN(CCOc2cccc(Br)c2)C1. The Labute approximate surface area is 127 Å². The summed E-state index contributed by atoms with van der Waals surface area (Å²) < 4.78 is 6.69. The Bertz CT molecular complexity index is 480. The van der Waals surface area contributed by atoms with Gasteiger partial charge in [0.2, 0.25) is 0 Å². The molecular weight excluding hydrogens is 322 g/mol. The van der Waals surface area contributed by atoms with Gasteiger partial charge in [0, 0.05) is 17.6 Å². The Morgan fingerprint density at radius 3 is 3.05 bits per heavy atom. The van der Waals surface area contributed by atoms with Gasteiger partial charge >= 0.3 is 5.97 Å². The molecule has 1 aliphatic rings. The monoisotopic (exact) mass is 341 g/mol. The van der Waals surface area contributed by atoms with Crippen LogP contribution in [0.3, 0.4) is 0 Å². The average molecular weight is 342 g/mol. The van der Waals surface area contributed by atoms with E-state index >= 15 is 0 Å². The number of nitrogens with zero attached hydrogens (tertiary/aromatic N) is 1.